The monoisotopic (exact) mass is 290 g/mol. The van der Waals surface area contributed by atoms with Gasteiger partial charge in [0.1, 0.15) is 0 Å². The number of halogens is 1. The highest BCUT2D eigenvalue weighted by atomic mass is 35.5. The second-order valence-corrected chi connectivity index (χ2v) is 4.12. The minimum Gasteiger partial charge on any atom is -0.466 e. The lowest BCUT2D eigenvalue weighted by atomic mass is 10.2. The van der Waals surface area contributed by atoms with Gasteiger partial charge in [0.25, 0.3) is 5.91 Å². The Kier molecular flexibility index (Phi) is 5.02. The summed E-state index contributed by atoms with van der Waals surface area (Å²) in [5.74, 6) is -0.115. The number of hydrogen-bond acceptors (Lipinski definition) is 5. The van der Waals surface area contributed by atoms with Gasteiger partial charge >= 0.3 is 0 Å². The Morgan fingerprint density at radius 1 is 1.45 bits per heavy atom. The standard InChI is InChI=1S/C13H11ClN4O2/c14-11-3-1-2-10(6-11)7-17-18-12(19)9-20-13-8-15-4-5-16-13/h1-8H,9H2,(H,18,19)/b17-7+. The number of aromatic nitrogens is 2. The zero-order chi connectivity index (χ0) is 14.2. The summed E-state index contributed by atoms with van der Waals surface area (Å²) in [5, 5.41) is 4.40. The van der Waals surface area contributed by atoms with Crippen LogP contribution < -0.4 is 10.2 Å². The third-order valence-corrected chi connectivity index (χ3v) is 2.38. The van der Waals surface area contributed by atoms with Gasteiger partial charge in [0.05, 0.1) is 12.4 Å². The van der Waals surface area contributed by atoms with E-state index in [2.05, 4.69) is 20.5 Å². The van der Waals surface area contributed by atoms with E-state index in [1.807, 2.05) is 6.07 Å². The molecule has 0 atom stereocenters. The van der Waals surface area contributed by atoms with Crippen molar-refractivity contribution >= 4 is 23.7 Å². The lowest BCUT2D eigenvalue weighted by Gasteiger charge is -2.02. The van der Waals surface area contributed by atoms with Crippen LogP contribution in [0.4, 0.5) is 0 Å². The molecule has 2 rings (SSSR count). The Morgan fingerprint density at radius 3 is 3.10 bits per heavy atom. The quantitative estimate of drug-likeness (QED) is 0.671. The summed E-state index contributed by atoms with van der Waals surface area (Å²) in [6, 6.07) is 7.10. The topological polar surface area (TPSA) is 76.5 Å². The minimum absolute atomic E-state index is 0.189. The third kappa shape index (κ3) is 4.66. The number of amides is 1. The number of benzene rings is 1. The maximum absolute atomic E-state index is 11.4. The molecule has 20 heavy (non-hydrogen) atoms. The van der Waals surface area contributed by atoms with Crippen LogP contribution in [-0.2, 0) is 4.79 Å². The van der Waals surface area contributed by atoms with Crippen LogP contribution >= 0.6 is 11.6 Å². The van der Waals surface area contributed by atoms with Crippen LogP contribution in [0.5, 0.6) is 5.88 Å². The number of carbonyl (C=O) groups is 1. The minimum atomic E-state index is -0.395. The molecule has 102 valence electrons. The average molecular weight is 291 g/mol. The molecular formula is C13H11ClN4O2. The van der Waals surface area contributed by atoms with E-state index in [0.717, 1.165) is 5.56 Å². The largest absolute Gasteiger partial charge is 0.466 e. The van der Waals surface area contributed by atoms with E-state index in [9.17, 15) is 4.79 Å². The molecule has 1 aromatic heterocycles. The SMILES string of the molecule is O=C(COc1cnccn1)N/N=C/c1cccc(Cl)c1. The number of carbonyl (C=O) groups excluding carboxylic acids is 1. The molecule has 1 amide bonds. The highest BCUT2D eigenvalue weighted by Gasteiger charge is 2.01. The van der Waals surface area contributed by atoms with Crippen molar-refractivity contribution in [1.82, 2.24) is 15.4 Å². The Hall–Kier alpha value is -2.47. The molecule has 6 nitrogen and oxygen atoms in total. The first-order valence-corrected chi connectivity index (χ1v) is 6.08. The van der Waals surface area contributed by atoms with Crippen molar-refractivity contribution in [2.45, 2.75) is 0 Å². The van der Waals surface area contributed by atoms with E-state index in [-0.39, 0.29) is 12.5 Å². The first-order chi connectivity index (χ1) is 9.74. The van der Waals surface area contributed by atoms with Crippen LogP contribution in [0.1, 0.15) is 5.56 Å². The fraction of sp³-hybridized carbons (Fsp3) is 0.0769. The molecule has 0 saturated heterocycles. The van der Waals surface area contributed by atoms with Crippen LogP contribution in [0, 0.1) is 0 Å². The summed E-state index contributed by atoms with van der Waals surface area (Å²) < 4.78 is 5.11. The Bertz CT molecular complexity index is 604. The molecule has 0 bridgehead atoms. The number of ether oxygens (including phenoxy) is 1. The first kappa shape index (κ1) is 14.0. The highest BCUT2D eigenvalue weighted by molar-refractivity contribution is 6.30. The number of hydrogen-bond donors (Lipinski definition) is 1. The van der Waals surface area contributed by atoms with Crippen molar-refractivity contribution in [3.8, 4) is 5.88 Å². The van der Waals surface area contributed by atoms with Crippen LogP contribution in [0.15, 0.2) is 48.0 Å². The predicted octanol–water partition coefficient (Wildman–Crippen LogP) is 1.66. The van der Waals surface area contributed by atoms with Gasteiger partial charge in [-0.2, -0.15) is 5.10 Å². The molecule has 0 fully saturated rings. The molecule has 1 aromatic carbocycles. The number of nitrogens with zero attached hydrogens (tertiary/aromatic N) is 3. The predicted molar refractivity (Wildman–Crippen MR) is 74.7 cm³/mol. The molecular weight excluding hydrogens is 280 g/mol. The third-order valence-electron chi connectivity index (χ3n) is 2.14. The zero-order valence-corrected chi connectivity index (χ0v) is 11.1. The summed E-state index contributed by atoms with van der Waals surface area (Å²) >= 11 is 5.82. The normalized spacial score (nSPS) is 10.4. The van der Waals surface area contributed by atoms with E-state index >= 15 is 0 Å². The Morgan fingerprint density at radius 2 is 2.35 bits per heavy atom. The molecule has 0 aliphatic rings. The molecule has 0 aliphatic carbocycles. The molecule has 1 heterocycles. The molecule has 0 saturated carbocycles. The van der Waals surface area contributed by atoms with E-state index < -0.39 is 5.91 Å². The molecule has 0 spiro atoms. The highest BCUT2D eigenvalue weighted by Crippen LogP contribution is 2.08. The van der Waals surface area contributed by atoms with Crippen LogP contribution in [0.2, 0.25) is 5.02 Å². The van der Waals surface area contributed by atoms with Gasteiger partial charge in [-0.05, 0) is 17.7 Å². The second kappa shape index (κ2) is 7.20. The molecule has 0 unspecified atom stereocenters. The van der Waals surface area contributed by atoms with Crippen LogP contribution in [-0.4, -0.2) is 28.7 Å². The van der Waals surface area contributed by atoms with Gasteiger partial charge < -0.3 is 4.74 Å². The van der Waals surface area contributed by atoms with Crippen molar-refractivity contribution < 1.29 is 9.53 Å². The van der Waals surface area contributed by atoms with E-state index in [1.165, 1.54) is 24.8 Å². The molecule has 1 N–H and O–H groups in total. The maximum atomic E-state index is 11.4. The smallest absolute Gasteiger partial charge is 0.278 e. The van der Waals surface area contributed by atoms with Crippen molar-refractivity contribution in [2.24, 2.45) is 5.10 Å². The summed E-state index contributed by atoms with van der Waals surface area (Å²) in [6.07, 6.45) is 5.90. The molecule has 0 aliphatic heterocycles. The Labute approximate surface area is 120 Å². The molecule has 0 radical (unpaired) electrons. The van der Waals surface area contributed by atoms with Crippen molar-refractivity contribution in [3.63, 3.8) is 0 Å². The summed E-state index contributed by atoms with van der Waals surface area (Å²) in [7, 11) is 0. The van der Waals surface area contributed by atoms with Gasteiger partial charge in [-0.1, -0.05) is 23.7 Å². The van der Waals surface area contributed by atoms with Gasteiger partial charge in [-0.3, -0.25) is 9.78 Å². The first-order valence-electron chi connectivity index (χ1n) is 5.70. The fourth-order valence-corrected chi connectivity index (χ4v) is 1.50. The maximum Gasteiger partial charge on any atom is 0.278 e. The van der Waals surface area contributed by atoms with Crippen molar-refractivity contribution in [2.75, 3.05) is 6.61 Å². The lowest BCUT2D eigenvalue weighted by Crippen LogP contribution is -2.24. The Balaban J connectivity index is 1.78. The van der Waals surface area contributed by atoms with E-state index in [0.29, 0.717) is 5.02 Å². The number of nitrogens with one attached hydrogen (secondary N) is 1. The van der Waals surface area contributed by atoms with Crippen molar-refractivity contribution in [3.05, 3.63) is 53.4 Å². The van der Waals surface area contributed by atoms with E-state index in [4.69, 9.17) is 16.3 Å². The zero-order valence-electron chi connectivity index (χ0n) is 10.4. The van der Waals surface area contributed by atoms with Gasteiger partial charge in [-0.15, -0.1) is 0 Å². The van der Waals surface area contributed by atoms with E-state index in [1.54, 1.807) is 18.2 Å². The fourth-order valence-electron chi connectivity index (χ4n) is 1.30. The average Bonchev–Trinajstić information content (AvgIpc) is 2.46. The second-order valence-electron chi connectivity index (χ2n) is 3.68. The lowest BCUT2D eigenvalue weighted by molar-refractivity contribution is -0.123. The number of rotatable bonds is 5. The molecule has 2 aromatic rings. The summed E-state index contributed by atoms with van der Waals surface area (Å²) in [4.78, 5) is 19.1. The summed E-state index contributed by atoms with van der Waals surface area (Å²) in [5.41, 5.74) is 3.12. The van der Waals surface area contributed by atoms with Gasteiger partial charge in [-0.25, -0.2) is 10.4 Å². The van der Waals surface area contributed by atoms with Gasteiger partial charge in [0.2, 0.25) is 5.88 Å². The number of hydrazone groups is 1. The molecule has 7 heteroatoms. The van der Waals surface area contributed by atoms with Crippen molar-refractivity contribution in [1.29, 1.82) is 0 Å². The van der Waals surface area contributed by atoms with Crippen LogP contribution in [0.25, 0.3) is 0 Å². The van der Waals surface area contributed by atoms with Gasteiger partial charge in [0, 0.05) is 17.4 Å². The van der Waals surface area contributed by atoms with Crippen LogP contribution in [0.3, 0.4) is 0 Å². The summed E-state index contributed by atoms with van der Waals surface area (Å²) in [6.45, 7) is -0.189. The van der Waals surface area contributed by atoms with Gasteiger partial charge in [0.15, 0.2) is 6.61 Å².